The molecule has 1 atom stereocenters. The number of ether oxygens (including phenoxy) is 2. The molecule has 0 saturated heterocycles. The highest BCUT2D eigenvalue weighted by atomic mass is 35.5. The first-order valence-corrected chi connectivity index (χ1v) is 9.29. The number of ketones is 1. The average molecular weight is 430 g/mol. The van der Waals surface area contributed by atoms with Gasteiger partial charge in [-0.3, -0.25) is 9.78 Å². The lowest BCUT2D eigenvalue weighted by atomic mass is 10.1. The number of phenolic OH excluding ortho intramolecular Hbond substituents is 1. The number of aromatic hydroxyl groups is 1. The summed E-state index contributed by atoms with van der Waals surface area (Å²) in [5.41, 5.74) is 0.737. The molecule has 0 saturated carbocycles. The van der Waals surface area contributed by atoms with Crippen molar-refractivity contribution in [3.05, 3.63) is 77.2 Å². The van der Waals surface area contributed by atoms with Crippen LogP contribution in [0, 0.1) is 5.82 Å². The topological polar surface area (TPSA) is 85.7 Å². The number of Topliss-reactive ketones (excluding diaryl/α,β-unsaturated/α-hetero) is 1. The molecule has 0 fully saturated rings. The van der Waals surface area contributed by atoms with Gasteiger partial charge in [-0.1, -0.05) is 41.9 Å². The summed E-state index contributed by atoms with van der Waals surface area (Å²) in [5.74, 6) is -2.08. The van der Waals surface area contributed by atoms with Crippen LogP contribution in [-0.4, -0.2) is 34.6 Å². The molecule has 1 N–H and O–H groups in total. The Labute approximate surface area is 176 Å². The number of nitrogens with zero attached hydrogens (tertiary/aromatic N) is 1. The van der Waals surface area contributed by atoms with Gasteiger partial charge in [-0.15, -0.1) is 0 Å². The van der Waals surface area contributed by atoms with E-state index in [9.17, 15) is 19.1 Å². The standard InChI is InChI=1S/C22H17ClFNO5/c1-13(22(28)29-12-19(27)14-5-3-2-4-6-14)30-20-8-7-15(9-18(20)26)21-17(24)10-16(23)11-25-21/h2-11,13,26H,12H2,1H3. The Kier molecular flexibility index (Phi) is 6.64. The number of hydrogen-bond donors (Lipinski definition) is 1. The Balaban J connectivity index is 1.62. The van der Waals surface area contributed by atoms with Crippen LogP contribution in [-0.2, 0) is 9.53 Å². The summed E-state index contributed by atoms with van der Waals surface area (Å²) in [4.78, 5) is 28.0. The van der Waals surface area contributed by atoms with Crippen LogP contribution in [0.15, 0.2) is 60.8 Å². The SMILES string of the molecule is CC(Oc1ccc(-c2ncc(Cl)cc2F)cc1O)C(=O)OCC(=O)c1ccccc1. The van der Waals surface area contributed by atoms with Gasteiger partial charge in [0.15, 0.2) is 35.8 Å². The first-order chi connectivity index (χ1) is 14.3. The van der Waals surface area contributed by atoms with Crippen LogP contribution >= 0.6 is 11.6 Å². The van der Waals surface area contributed by atoms with Gasteiger partial charge in [0, 0.05) is 17.3 Å². The monoisotopic (exact) mass is 429 g/mol. The van der Waals surface area contributed by atoms with E-state index >= 15 is 0 Å². The minimum absolute atomic E-state index is 0.00745. The predicted molar refractivity (Wildman–Crippen MR) is 108 cm³/mol. The summed E-state index contributed by atoms with van der Waals surface area (Å²) in [6, 6.07) is 13.6. The summed E-state index contributed by atoms with van der Waals surface area (Å²) in [5, 5.41) is 10.3. The Bertz CT molecular complexity index is 1070. The molecule has 2 aromatic carbocycles. The molecule has 1 heterocycles. The van der Waals surface area contributed by atoms with Crippen molar-refractivity contribution in [3.63, 3.8) is 0 Å². The number of pyridine rings is 1. The molecule has 6 nitrogen and oxygen atoms in total. The normalized spacial score (nSPS) is 11.6. The van der Waals surface area contributed by atoms with E-state index < -0.39 is 24.5 Å². The Morgan fingerprint density at radius 2 is 1.90 bits per heavy atom. The van der Waals surface area contributed by atoms with Crippen molar-refractivity contribution in [2.24, 2.45) is 0 Å². The highest BCUT2D eigenvalue weighted by Crippen LogP contribution is 2.33. The second kappa shape index (κ2) is 9.37. The van der Waals surface area contributed by atoms with Crippen molar-refractivity contribution >= 4 is 23.4 Å². The quantitative estimate of drug-likeness (QED) is 0.441. The maximum Gasteiger partial charge on any atom is 0.347 e. The van der Waals surface area contributed by atoms with E-state index in [1.807, 2.05) is 0 Å². The highest BCUT2D eigenvalue weighted by Gasteiger charge is 2.20. The third-order valence-electron chi connectivity index (χ3n) is 4.12. The van der Waals surface area contributed by atoms with Crippen molar-refractivity contribution in [3.8, 4) is 22.8 Å². The van der Waals surface area contributed by atoms with Crippen molar-refractivity contribution in [2.75, 3.05) is 6.61 Å². The van der Waals surface area contributed by atoms with Gasteiger partial charge in [0.25, 0.3) is 0 Å². The first kappa shape index (κ1) is 21.3. The number of phenols is 1. The number of hydrogen-bond acceptors (Lipinski definition) is 6. The van der Waals surface area contributed by atoms with Crippen molar-refractivity contribution in [1.29, 1.82) is 0 Å². The number of halogens is 2. The zero-order valence-electron chi connectivity index (χ0n) is 15.8. The highest BCUT2D eigenvalue weighted by molar-refractivity contribution is 6.30. The molecule has 1 aromatic heterocycles. The molecule has 3 rings (SSSR count). The summed E-state index contributed by atoms with van der Waals surface area (Å²) in [7, 11) is 0. The van der Waals surface area contributed by atoms with E-state index in [0.717, 1.165) is 6.07 Å². The summed E-state index contributed by atoms with van der Waals surface area (Å²) >= 11 is 5.69. The molecule has 0 bridgehead atoms. The fourth-order valence-electron chi connectivity index (χ4n) is 2.59. The van der Waals surface area contributed by atoms with Crippen molar-refractivity contribution < 1.29 is 28.6 Å². The van der Waals surface area contributed by atoms with E-state index in [1.165, 1.54) is 31.3 Å². The van der Waals surface area contributed by atoms with Gasteiger partial charge in [0.05, 0.1) is 5.02 Å². The van der Waals surface area contributed by atoms with Crippen LogP contribution in [0.2, 0.25) is 5.02 Å². The van der Waals surface area contributed by atoms with Crippen molar-refractivity contribution in [1.82, 2.24) is 4.98 Å². The lowest BCUT2D eigenvalue weighted by Gasteiger charge is -2.15. The van der Waals surface area contributed by atoms with Crippen LogP contribution in [0.3, 0.4) is 0 Å². The van der Waals surface area contributed by atoms with Gasteiger partial charge in [-0.2, -0.15) is 0 Å². The molecule has 0 aliphatic rings. The minimum Gasteiger partial charge on any atom is -0.504 e. The maximum absolute atomic E-state index is 14.0. The third-order valence-corrected chi connectivity index (χ3v) is 4.32. The van der Waals surface area contributed by atoms with Gasteiger partial charge < -0.3 is 14.6 Å². The molecule has 0 aliphatic carbocycles. The minimum atomic E-state index is -1.09. The molecule has 154 valence electrons. The number of carbonyl (C=O) groups is 2. The molecule has 1 unspecified atom stereocenters. The average Bonchev–Trinajstić information content (AvgIpc) is 2.73. The third kappa shape index (κ3) is 5.12. The van der Waals surface area contributed by atoms with Crippen LogP contribution in [0.4, 0.5) is 4.39 Å². The first-order valence-electron chi connectivity index (χ1n) is 8.91. The van der Waals surface area contributed by atoms with Crippen LogP contribution < -0.4 is 4.74 Å². The van der Waals surface area contributed by atoms with Gasteiger partial charge in [-0.25, -0.2) is 9.18 Å². The van der Waals surface area contributed by atoms with Gasteiger partial charge in [0.1, 0.15) is 5.69 Å². The molecule has 30 heavy (non-hydrogen) atoms. The largest absolute Gasteiger partial charge is 0.504 e. The van der Waals surface area contributed by atoms with Crippen LogP contribution in [0.5, 0.6) is 11.5 Å². The number of esters is 1. The fourth-order valence-corrected chi connectivity index (χ4v) is 2.74. The summed E-state index contributed by atoms with van der Waals surface area (Å²) in [6.07, 6.45) is 0.201. The molecule has 8 heteroatoms. The lowest BCUT2D eigenvalue weighted by molar-refractivity contribution is -0.149. The lowest BCUT2D eigenvalue weighted by Crippen LogP contribution is -2.28. The molecule has 3 aromatic rings. The second-order valence-electron chi connectivity index (χ2n) is 6.32. The van der Waals surface area contributed by atoms with E-state index in [1.54, 1.807) is 30.3 Å². The number of rotatable bonds is 7. The summed E-state index contributed by atoms with van der Waals surface area (Å²) < 4.78 is 24.4. The van der Waals surface area contributed by atoms with Crippen molar-refractivity contribution in [2.45, 2.75) is 13.0 Å². The summed E-state index contributed by atoms with van der Waals surface area (Å²) in [6.45, 7) is 0.992. The Morgan fingerprint density at radius 1 is 1.17 bits per heavy atom. The van der Waals surface area contributed by atoms with Crippen LogP contribution in [0.25, 0.3) is 11.3 Å². The smallest absolute Gasteiger partial charge is 0.347 e. The zero-order chi connectivity index (χ0) is 21.7. The van der Waals surface area contributed by atoms with Crippen LogP contribution in [0.1, 0.15) is 17.3 Å². The second-order valence-corrected chi connectivity index (χ2v) is 6.76. The van der Waals surface area contributed by atoms with E-state index in [0.29, 0.717) is 11.1 Å². The number of benzene rings is 2. The predicted octanol–water partition coefficient (Wildman–Crippen LogP) is 4.44. The van der Waals surface area contributed by atoms with Gasteiger partial charge in [-0.05, 0) is 31.2 Å². The number of aromatic nitrogens is 1. The zero-order valence-corrected chi connectivity index (χ0v) is 16.6. The molecular formula is C22H17ClFNO5. The fraction of sp³-hybridized carbons (Fsp3) is 0.136. The molecule has 0 amide bonds. The Hall–Kier alpha value is -3.45. The van der Waals surface area contributed by atoms with E-state index in [2.05, 4.69) is 4.98 Å². The molecule has 0 aliphatic heterocycles. The molecule has 0 radical (unpaired) electrons. The Morgan fingerprint density at radius 3 is 2.57 bits per heavy atom. The van der Waals surface area contributed by atoms with Gasteiger partial charge >= 0.3 is 5.97 Å². The molecule has 0 spiro atoms. The van der Waals surface area contributed by atoms with Gasteiger partial charge in [0.2, 0.25) is 0 Å². The maximum atomic E-state index is 14.0. The number of carbonyl (C=O) groups excluding carboxylic acids is 2. The molecular weight excluding hydrogens is 413 g/mol. The van der Waals surface area contributed by atoms with E-state index in [-0.39, 0.29) is 28.0 Å². The van der Waals surface area contributed by atoms with E-state index in [4.69, 9.17) is 21.1 Å².